The zero-order valence-electron chi connectivity index (χ0n) is 24.7. The van der Waals surface area contributed by atoms with Crippen LogP contribution in [0.15, 0.2) is 98.1 Å². The quantitative estimate of drug-likeness (QED) is 0.189. The molecule has 1 N–H and O–H groups in total. The molecule has 3 aliphatic rings. The first kappa shape index (κ1) is 29.8. The summed E-state index contributed by atoms with van der Waals surface area (Å²) in [6.07, 6.45) is 4.61. The van der Waals surface area contributed by atoms with E-state index < -0.39 is 41.6 Å². The second-order valence-electron chi connectivity index (χ2n) is 11.8. The van der Waals surface area contributed by atoms with Crippen molar-refractivity contribution >= 4 is 34.2 Å². The van der Waals surface area contributed by atoms with Gasteiger partial charge in [-0.25, -0.2) is 0 Å². The van der Waals surface area contributed by atoms with Crippen LogP contribution < -0.4 is 4.90 Å². The molecule has 3 heterocycles. The predicted molar refractivity (Wildman–Crippen MR) is 168 cm³/mol. The number of carbonyl (C=O) groups is 3. The van der Waals surface area contributed by atoms with Gasteiger partial charge < -0.3 is 24.4 Å². The van der Waals surface area contributed by atoms with Crippen molar-refractivity contribution in [1.29, 1.82) is 0 Å². The van der Waals surface area contributed by atoms with E-state index in [0.717, 1.165) is 16.3 Å². The summed E-state index contributed by atoms with van der Waals surface area (Å²) in [7, 11) is 0. The normalized spacial score (nSPS) is 25.9. The highest BCUT2D eigenvalue weighted by Gasteiger charge is 2.75. The Balaban J connectivity index is 1.43. The summed E-state index contributed by atoms with van der Waals surface area (Å²) in [6, 6.07) is 21.5. The first-order chi connectivity index (χ1) is 21.4. The van der Waals surface area contributed by atoms with Crippen LogP contribution in [0.25, 0.3) is 10.8 Å². The number of amides is 2. The Hall–Kier alpha value is -4.27. The standard InChI is InChI=1S/C36H38N2O6/c1-3-5-20-43-35(42)30-29-17-18-36(44-29)31(30)33(40)38(28(23-39)21-24-11-7-6-8-12-24)32(36)34(41)37(19-4-2)27-16-15-25-13-9-10-14-26(25)22-27/h3-4,6-16,22,28-32,39H,1-2,5,17-21,23H2/t28-,29-,30+,31+,32?,36?/m1/s1. The van der Waals surface area contributed by atoms with Crippen molar-refractivity contribution in [3.63, 3.8) is 0 Å². The Morgan fingerprint density at radius 2 is 1.82 bits per heavy atom. The number of nitrogens with zero attached hydrogens (tertiary/aromatic N) is 2. The van der Waals surface area contributed by atoms with Crippen molar-refractivity contribution in [2.45, 2.75) is 49.5 Å². The minimum Gasteiger partial charge on any atom is -0.465 e. The van der Waals surface area contributed by atoms with Crippen LogP contribution in [0.1, 0.15) is 24.8 Å². The Morgan fingerprint density at radius 3 is 2.55 bits per heavy atom. The van der Waals surface area contributed by atoms with Gasteiger partial charge in [0.05, 0.1) is 37.2 Å². The molecule has 0 aliphatic carbocycles. The van der Waals surface area contributed by atoms with E-state index in [1.807, 2.05) is 72.8 Å². The summed E-state index contributed by atoms with van der Waals surface area (Å²) in [5.74, 6) is -2.90. The van der Waals surface area contributed by atoms with Gasteiger partial charge in [0.2, 0.25) is 5.91 Å². The Bertz CT molecular complexity index is 1570. The van der Waals surface area contributed by atoms with Gasteiger partial charge in [-0.05, 0) is 54.2 Å². The number of esters is 1. The van der Waals surface area contributed by atoms with Gasteiger partial charge in [-0.1, -0.05) is 72.8 Å². The molecule has 2 unspecified atom stereocenters. The molecule has 3 aliphatic heterocycles. The predicted octanol–water partition coefficient (Wildman–Crippen LogP) is 4.46. The lowest BCUT2D eigenvalue weighted by Gasteiger charge is -2.39. The van der Waals surface area contributed by atoms with Crippen LogP contribution in [0.3, 0.4) is 0 Å². The van der Waals surface area contributed by atoms with Crippen molar-refractivity contribution in [3.8, 4) is 0 Å². The van der Waals surface area contributed by atoms with Crippen LogP contribution in [0.4, 0.5) is 5.69 Å². The lowest BCUT2D eigenvalue weighted by Crippen LogP contribution is -2.59. The second-order valence-corrected chi connectivity index (χ2v) is 11.8. The summed E-state index contributed by atoms with van der Waals surface area (Å²) in [5, 5.41) is 12.7. The fourth-order valence-corrected chi connectivity index (χ4v) is 7.45. The molecule has 8 nitrogen and oxygen atoms in total. The van der Waals surface area contributed by atoms with E-state index in [4.69, 9.17) is 9.47 Å². The number of hydrogen-bond acceptors (Lipinski definition) is 6. The summed E-state index contributed by atoms with van der Waals surface area (Å²) < 4.78 is 12.2. The molecule has 8 heteroatoms. The number of ether oxygens (including phenoxy) is 2. The van der Waals surface area contributed by atoms with Gasteiger partial charge in [-0.3, -0.25) is 14.4 Å². The molecule has 1 spiro atoms. The van der Waals surface area contributed by atoms with Gasteiger partial charge in [0, 0.05) is 12.2 Å². The maximum Gasteiger partial charge on any atom is 0.312 e. The monoisotopic (exact) mass is 594 g/mol. The molecule has 3 saturated heterocycles. The lowest BCUT2D eigenvalue weighted by molar-refractivity contribution is -0.155. The summed E-state index contributed by atoms with van der Waals surface area (Å²) in [6.45, 7) is 7.60. The number of aliphatic hydroxyl groups excluding tert-OH is 1. The van der Waals surface area contributed by atoms with Gasteiger partial charge >= 0.3 is 5.97 Å². The summed E-state index contributed by atoms with van der Waals surface area (Å²) >= 11 is 0. The maximum atomic E-state index is 14.9. The van der Waals surface area contributed by atoms with Crippen LogP contribution in [0, 0.1) is 11.8 Å². The topological polar surface area (TPSA) is 96.4 Å². The Morgan fingerprint density at radius 1 is 1.07 bits per heavy atom. The number of benzene rings is 3. The highest BCUT2D eigenvalue weighted by molar-refractivity contribution is 6.05. The number of anilines is 1. The van der Waals surface area contributed by atoms with Crippen molar-refractivity contribution in [1.82, 2.24) is 4.90 Å². The van der Waals surface area contributed by atoms with Gasteiger partial charge in [0.25, 0.3) is 5.91 Å². The largest absolute Gasteiger partial charge is 0.465 e. The van der Waals surface area contributed by atoms with Gasteiger partial charge in [0.15, 0.2) is 0 Å². The van der Waals surface area contributed by atoms with E-state index in [9.17, 15) is 19.5 Å². The van der Waals surface area contributed by atoms with Crippen molar-refractivity contribution in [2.24, 2.45) is 11.8 Å². The van der Waals surface area contributed by atoms with E-state index in [1.54, 1.807) is 17.1 Å². The maximum absolute atomic E-state index is 14.9. The highest BCUT2D eigenvalue weighted by atomic mass is 16.6. The molecule has 3 fully saturated rings. The van der Waals surface area contributed by atoms with Gasteiger partial charge in [-0.2, -0.15) is 0 Å². The molecular formula is C36H38N2O6. The third kappa shape index (κ3) is 5.02. The average Bonchev–Trinajstić information content (AvgIpc) is 3.70. The molecule has 228 valence electrons. The van der Waals surface area contributed by atoms with Gasteiger partial charge in [-0.15, -0.1) is 13.2 Å². The second kappa shape index (κ2) is 12.4. The van der Waals surface area contributed by atoms with Crippen LogP contribution in [0.2, 0.25) is 0 Å². The molecule has 6 atom stereocenters. The van der Waals surface area contributed by atoms with Crippen LogP contribution in [0.5, 0.6) is 0 Å². The molecule has 6 rings (SSSR count). The fraction of sp³-hybridized carbons (Fsp3) is 0.361. The molecule has 0 saturated carbocycles. The third-order valence-electron chi connectivity index (χ3n) is 9.35. The lowest BCUT2D eigenvalue weighted by atomic mass is 9.70. The van der Waals surface area contributed by atoms with E-state index in [1.165, 1.54) is 4.90 Å². The molecule has 0 aromatic heterocycles. The molecule has 2 amide bonds. The van der Waals surface area contributed by atoms with E-state index in [-0.39, 0.29) is 31.6 Å². The highest BCUT2D eigenvalue weighted by Crippen LogP contribution is 2.59. The number of fused-ring (bicyclic) bond motifs is 2. The third-order valence-corrected chi connectivity index (χ3v) is 9.35. The number of hydrogen-bond donors (Lipinski definition) is 1. The molecule has 0 radical (unpaired) electrons. The van der Waals surface area contributed by atoms with Crippen LogP contribution in [-0.2, 0) is 30.3 Å². The minimum absolute atomic E-state index is 0.161. The fourth-order valence-electron chi connectivity index (χ4n) is 7.45. The number of likely N-dealkylation sites (tertiary alicyclic amines) is 1. The number of aliphatic hydroxyl groups is 1. The van der Waals surface area contributed by atoms with Crippen molar-refractivity contribution in [2.75, 3.05) is 24.7 Å². The molecule has 2 bridgehead atoms. The van der Waals surface area contributed by atoms with Gasteiger partial charge in [0.1, 0.15) is 11.6 Å². The Labute approximate surface area is 257 Å². The summed E-state index contributed by atoms with van der Waals surface area (Å²) in [4.78, 5) is 46.0. The van der Waals surface area contributed by atoms with Crippen LogP contribution in [-0.4, -0.2) is 71.3 Å². The average molecular weight is 595 g/mol. The summed E-state index contributed by atoms with van der Waals surface area (Å²) in [5.41, 5.74) is 0.363. The molecule has 44 heavy (non-hydrogen) atoms. The first-order valence-electron chi connectivity index (χ1n) is 15.3. The SMILES string of the molecule is C=CCCOC(=O)[C@@H]1[C@H]2C(=O)N([C@@H](CO)Cc3ccccc3)C(C(=O)N(CC=C)c3ccc4ccccc4c3)C23CC[C@H]1O3. The van der Waals surface area contributed by atoms with Crippen molar-refractivity contribution in [3.05, 3.63) is 104 Å². The molecular weight excluding hydrogens is 556 g/mol. The molecule has 3 aromatic rings. The zero-order chi connectivity index (χ0) is 30.8. The van der Waals surface area contributed by atoms with Crippen molar-refractivity contribution < 1.29 is 29.0 Å². The zero-order valence-corrected chi connectivity index (χ0v) is 24.7. The number of carbonyl (C=O) groups excluding carboxylic acids is 3. The minimum atomic E-state index is -1.22. The molecule has 3 aromatic carbocycles. The van der Waals surface area contributed by atoms with E-state index in [0.29, 0.717) is 31.4 Å². The smallest absolute Gasteiger partial charge is 0.312 e. The van der Waals surface area contributed by atoms with E-state index in [2.05, 4.69) is 13.2 Å². The first-order valence-corrected chi connectivity index (χ1v) is 15.3. The number of rotatable bonds is 12. The van der Waals surface area contributed by atoms with Crippen LogP contribution >= 0.6 is 0 Å². The van der Waals surface area contributed by atoms with E-state index >= 15 is 0 Å². The Kier molecular flexibility index (Phi) is 8.38.